The Bertz CT molecular complexity index is 758. The van der Waals surface area contributed by atoms with Gasteiger partial charge in [0, 0.05) is 36.4 Å². The highest BCUT2D eigenvalue weighted by atomic mass is 19.1. The fourth-order valence-electron chi connectivity index (χ4n) is 3.56. The third-order valence-electron chi connectivity index (χ3n) is 4.75. The number of nitrogens with one attached hydrogen (secondary N) is 1. The molecule has 134 valence electrons. The molecular weight excluding hydrogens is 319 g/mol. The van der Waals surface area contributed by atoms with E-state index in [1.165, 1.54) is 12.1 Å². The molecule has 5 nitrogen and oxygen atoms in total. The lowest BCUT2D eigenvalue weighted by Gasteiger charge is -2.36. The summed E-state index contributed by atoms with van der Waals surface area (Å²) in [5, 5.41) is 7.99. The minimum absolute atomic E-state index is 0.130. The molecule has 1 aromatic heterocycles. The number of benzene rings is 1. The van der Waals surface area contributed by atoms with Gasteiger partial charge in [-0.05, 0) is 52.0 Å². The van der Waals surface area contributed by atoms with Crippen molar-refractivity contribution < 1.29 is 9.18 Å². The number of halogens is 1. The molecule has 25 heavy (non-hydrogen) atoms. The van der Waals surface area contributed by atoms with Crippen LogP contribution in [0.4, 0.5) is 4.39 Å². The van der Waals surface area contributed by atoms with E-state index in [1.807, 2.05) is 18.7 Å². The number of amides is 1. The molecule has 2 atom stereocenters. The first kappa shape index (κ1) is 17.6. The highest BCUT2D eigenvalue weighted by Gasteiger charge is 2.26. The molecule has 0 unspecified atom stereocenters. The van der Waals surface area contributed by atoms with E-state index in [-0.39, 0.29) is 11.7 Å². The molecule has 1 saturated heterocycles. The predicted molar refractivity (Wildman–Crippen MR) is 95.3 cm³/mol. The van der Waals surface area contributed by atoms with Crippen LogP contribution in [0.1, 0.15) is 30.8 Å². The summed E-state index contributed by atoms with van der Waals surface area (Å²) in [5.74, 6) is -0.146. The standard InChI is InChI=1S/C19H25FN4O/c1-12-10-23(11-13(2)21-12)19(25)9-18-14(3)22-24(15(18)4)17-7-5-16(20)6-8-17/h5-8,12-13,21H,9-11H2,1-4H3/t12-,13+. The maximum Gasteiger partial charge on any atom is 0.227 e. The Kier molecular flexibility index (Phi) is 4.90. The van der Waals surface area contributed by atoms with Gasteiger partial charge in [-0.1, -0.05) is 0 Å². The molecule has 0 spiro atoms. The van der Waals surface area contributed by atoms with Gasteiger partial charge in [-0.2, -0.15) is 5.10 Å². The van der Waals surface area contributed by atoms with Crippen molar-refractivity contribution in [3.63, 3.8) is 0 Å². The molecule has 1 aliphatic rings. The number of aryl methyl sites for hydroxylation is 1. The van der Waals surface area contributed by atoms with Crippen molar-refractivity contribution in [3.8, 4) is 5.69 Å². The van der Waals surface area contributed by atoms with Crippen molar-refractivity contribution in [2.45, 2.75) is 46.2 Å². The van der Waals surface area contributed by atoms with E-state index in [4.69, 9.17) is 0 Å². The molecule has 0 radical (unpaired) electrons. The Balaban J connectivity index is 1.81. The second kappa shape index (κ2) is 6.96. The Morgan fingerprint density at radius 2 is 1.80 bits per heavy atom. The van der Waals surface area contributed by atoms with Gasteiger partial charge in [0.15, 0.2) is 0 Å². The molecule has 6 heteroatoms. The summed E-state index contributed by atoms with van der Waals surface area (Å²) >= 11 is 0. The highest BCUT2D eigenvalue weighted by molar-refractivity contribution is 5.79. The van der Waals surface area contributed by atoms with Crippen LogP contribution in [0.25, 0.3) is 5.69 Å². The van der Waals surface area contributed by atoms with Crippen molar-refractivity contribution in [1.82, 2.24) is 20.0 Å². The van der Waals surface area contributed by atoms with Gasteiger partial charge in [0.25, 0.3) is 0 Å². The van der Waals surface area contributed by atoms with Crippen molar-refractivity contribution in [3.05, 3.63) is 47.0 Å². The number of carbonyl (C=O) groups excluding carboxylic acids is 1. The van der Waals surface area contributed by atoms with Crippen LogP contribution in [0.5, 0.6) is 0 Å². The summed E-state index contributed by atoms with van der Waals surface area (Å²) in [5.41, 5.74) is 3.51. The number of aromatic nitrogens is 2. The average molecular weight is 344 g/mol. The van der Waals surface area contributed by atoms with Crippen LogP contribution in [0.2, 0.25) is 0 Å². The molecule has 1 amide bonds. The Hall–Kier alpha value is -2.21. The van der Waals surface area contributed by atoms with Crippen molar-refractivity contribution in [2.24, 2.45) is 0 Å². The maximum atomic E-state index is 13.1. The molecule has 3 rings (SSSR count). The molecule has 1 N–H and O–H groups in total. The van der Waals surface area contributed by atoms with Crippen molar-refractivity contribution >= 4 is 5.91 Å². The quantitative estimate of drug-likeness (QED) is 0.930. The lowest BCUT2D eigenvalue weighted by molar-refractivity contribution is -0.132. The number of piperazine rings is 1. The second-order valence-electron chi connectivity index (χ2n) is 6.98. The lowest BCUT2D eigenvalue weighted by atomic mass is 10.1. The van der Waals surface area contributed by atoms with Crippen LogP contribution >= 0.6 is 0 Å². The maximum absolute atomic E-state index is 13.1. The molecule has 0 bridgehead atoms. The molecule has 2 aromatic rings. The Morgan fingerprint density at radius 3 is 2.40 bits per heavy atom. The number of carbonyl (C=O) groups is 1. The summed E-state index contributed by atoms with van der Waals surface area (Å²) in [6.07, 6.45) is 0.346. The summed E-state index contributed by atoms with van der Waals surface area (Å²) in [6.45, 7) is 9.52. The molecule has 1 aromatic carbocycles. The zero-order valence-electron chi connectivity index (χ0n) is 15.2. The van der Waals surface area contributed by atoms with Crippen LogP contribution < -0.4 is 5.32 Å². The highest BCUT2D eigenvalue weighted by Crippen LogP contribution is 2.20. The Morgan fingerprint density at radius 1 is 1.20 bits per heavy atom. The average Bonchev–Trinajstić information content (AvgIpc) is 2.83. The number of hydrogen-bond acceptors (Lipinski definition) is 3. The van der Waals surface area contributed by atoms with Gasteiger partial charge in [-0.15, -0.1) is 0 Å². The van der Waals surface area contributed by atoms with Gasteiger partial charge in [0.2, 0.25) is 5.91 Å². The van der Waals surface area contributed by atoms with Gasteiger partial charge >= 0.3 is 0 Å². The van der Waals surface area contributed by atoms with E-state index in [0.29, 0.717) is 18.5 Å². The second-order valence-corrected chi connectivity index (χ2v) is 6.98. The van der Waals surface area contributed by atoms with E-state index >= 15 is 0 Å². The van der Waals surface area contributed by atoms with Crippen molar-refractivity contribution in [1.29, 1.82) is 0 Å². The molecular formula is C19H25FN4O. The number of hydrogen-bond donors (Lipinski definition) is 1. The van der Waals surface area contributed by atoms with Gasteiger partial charge in [-0.25, -0.2) is 9.07 Å². The van der Waals surface area contributed by atoms with Crippen LogP contribution in [0.15, 0.2) is 24.3 Å². The van der Waals surface area contributed by atoms with Gasteiger partial charge in [0.05, 0.1) is 17.8 Å². The summed E-state index contributed by atoms with van der Waals surface area (Å²) in [4.78, 5) is 14.7. The van der Waals surface area contributed by atoms with Crippen LogP contribution in [-0.4, -0.2) is 45.8 Å². The lowest BCUT2D eigenvalue weighted by Crippen LogP contribution is -2.56. The van der Waals surface area contributed by atoms with E-state index in [0.717, 1.165) is 35.7 Å². The zero-order valence-corrected chi connectivity index (χ0v) is 15.2. The normalized spacial score (nSPS) is 20.8. The number of nitrogens with zero attached hydrogens (tertiary/aromatic N) is 3. The van der Waals surface area contributed by atoms with Gasteiger partial charge in [0.1, 0.15) is 5.82 Å². The first-order valence-electron chi connectivity index (χ1n) is 8.70. The molecule has 1 fully saturated rings. The zero-order chi connectivity index (χ0) is 18.1. The third kappa shape index (κ3) is 3.74. The molecule has 1 aliphatic heterocycles. The largest absolute Gasteiger partial charge is 0.339 e. The van der Waals surface area contributed by atoms with E-state index in [1.54, 1.807) is 16.8 Å². The van der Waals surface area contributed by atoms with Crippen LogP contribution in [0.3, 0.4) is 0 Å². The summed E-state index contributed by atoms with van der Waals surface area (Å²) in [7, 11) is 0. The van der Waals surface area contributed by atoms with Crippen molar-refractivity contribution in [2.75, 3.05) is 13.1 Å². The first-order chi connectivity index (χ1) is 11.8. The topological polar surface area (TPSA) is 50.2 Å². The van der Waals surface area contributed by atoms with E-state index in [9.17, 15) is 9.18 Å². The molecule has 2 heterocycles. The summed E-state index contributed by atoms with van der Waals surface area (Å²) in [6, 6.07) is 6.83. The van der Waals surface area contributed by atoms with Crippen LogP contribution in [0, 0.1) is 19.7 Å². The molecule has 0 aliphatic carbocycles. The van der Waals surface area contributed by atoms with E-state index < -0.39 is 0 Å². The SMILES string of the molecule is Cc1nn(-c2ccc(F)cc2)c(C)c1CC(=O)N1C[C@@H](C)N[C@@H](C)C1. The van der Waals surface area contributed by atoms with Gasteiger partial charge < -0.3 is 10.2 Å². The van der Waals surface area contributed by atoms with Crippen LogP contribution in [-0.2, 0) is 11.2 Å². The summed E-state index contributed by atoms with van der Waals surface area (Å²) < 4.78 is 14.9. The molecule has 0 saturated carbocycles. The minimum Gasteiger partial charge on any atom is -0.339 e. The third-order valence-corrected chi connectivity index (χ3v) is 4.75. The number of rotatable bonds is 3. The predicted octanol–water partition coefficient (Wildman–Crippen LogP) is 2.38. The van der Waals surface area contributed by atoms with Gasteiger partial charge in [-0.3, -0.25) is 4.79 Å². The van der Waals surface area contributed by atoms with E-state index in [2.05, 4.69) is 24.3 Å². The first-order valence-corrected chi connectivity index (χ1v) is 8.70. The minimum atomic E-state index is -0.275. The fraction of sp³-hybridized carbons (Fsp3) is 0.474. The smallest absolute Gasteiger partial charge is 0.227 e. The monoisotopic (exact) mass is 344 g/mol. The Labute approximate surface area is 147 Å². The fourth-order valence-corrected chi connectivity index (χ4v) is 3.56.